The molecule has 0 spiro atoms. The summed E-state index contributed by atoms with van der Waals surface area (Å²) in [5, 5.41) is 3.49. The van der Waals surface area contributed by atoms with Crippen molar-refractivity contribution < 1.29 is 0 Å². The van der Waals surface area contributed by atoms with Gasteiger partial charge in [0.05, 0.1) is 0 Å². The van der Waals surface area contributed by atoms with Crippen LogP contribution in [0.2, 0.25) is 0 Å². The van der Waals surface area contributed by atoms with Crippen LogP contribution in [0.15, 0.2) is 28.7 Å². The minimum atomic E-state index is 0.847. The summed E-state index contributed by atoms with van der Waals surface area (Å²) < 4.78 is 1.13. The van der Waals surface area contributed by atoms with E-state index in [0.29, 0.717) is 0 Å². The zero-order valence-electron chi connectivity index (χ0n) is 11.3. The van der Waals surface area contributed by atoms with Gasteiger partial charge in [-0.3, -0.25) is 0 Å². The molecule has 1 aromatic rings. The van der Waals surface area contributed by atoms with Crippen molar-refractivity contribution in [2.24, 2.45) is 11.8 Å². The number of hydrogen-bond donors (Lipinski definition) is 1. The van der Waals surface area contributed by atoms with E-state index in [9.17, 15) is 0 Å². The molecule has 0 amide bonds. The van der Waals surface area contributed by atoms with Crippen LogP contribution < -0.4 is 5.32 Å². The normalized spacial score (nSPS) is 25.1. The van der Waals surface area contributed by atoms with Crippen LogP contribution in [0.25, 0.3) is 0 Å². The summed E-state index contributed by atoms with van der Waals surface area (Å²) in [7, 11) is 0. The van der Waals surface area contributed by atoms with Crippen LogP contribution >= 0.6 is 15.9 Å². The Hall–Kier alpha value is -0.540. The second kappa shape index (κ2) is 6.58. The fourth-order valence-electron chi connectivity index (χ4n) is 2.93. The minimum absolute atomic E-state index is 0.847. The first-order valence-corrected chi connectivity index (χ1v) is 7.64. The minimum Gasteiger partial charge on any atom is -0.384 e. The molecule has 1 aliphatic rings. The first-order chi connectivity index (χ1) is 8.63. The topological polar surface area (TPSA) is 15.3 Å². The SMILES string of the molecule is CC1CC(C)CN(CCNc2cccc(Br)c2)C1. The molecule has 1 fully saturated rings. The molecule has 0 aromatic heterocycles. The van der Waals surface area contributed by atoms with E-state index in [1.165, 1.54) is 25.2 Å². The van der Waals surface area contributed by atoms with Crippen molar-refractivity contribution in [2.45, 2.75) is 20.3 Å². The summed E-state index contributed by atoms with van der Waals surface area (Å²) in [6.07, 6.45) is 1.38. The monoisotopic (exact) mass is 310 g/mol. The molecule has 2 atom stereocenters. The Kier molecular flexibility index (Phi) is 5.07. The molecule has 100 valence electrons. The summed E-state index contributed by atoms with van der Waals surface area (Å²) in [4.78, 5) is 2.59. The molecule has 0 radical (unpaired) electrons. The predicted octanol–water partition coefficient (Wildman–Crippen LogP) is 3.84. The van der Waals surface area contributed by atoms with E-state index in [4.69, 9.17) is 0 Å². The number of benzene rings is 1. The lowest BCUT2D eigenvalue weighted by Gasteiger charge is -2.35. The van der Waals surface area contributed by atoms with Crippen molar-refractivity contribution in [3.8, 4) is 0 Å². The second-order valence-electron chi connectivity index (χ2n) is 5.64. The average molecular weight is 311 g/mol. The number of halogens is 1. The van der Waals surface area contributed by atoms with Gasteiger partial charge in [-0.25, -0.2) is 0 Å². The molecule has 1 N–H and O–H groups in total. The van der Waals surface area contributed by atoms with E-state index >= 15 is 0 Å². The predicted molar refractivity (Wildman–Crippen MR) is 82.0 cm³/mol. The highest BCUT2D eigenvalue weighted by Crippen LogP contribution is 2.20. The number of piperidine rings is 1. The lowest BCUT2D eigenvalue weighted by molar-refractivity contribution is 0.146. The largest absolute Gasteiger partial charge is 0.384 e. The first kappa shape index (κ1) is 13.9. The van der Waals surface area contributed by atoms with Crippen LogP contribution in [0.1, 0.15) is 20.3 Å². The molecule has 2 rings (SSSR count). The highest BCUT2D eigenvalue weighted by Gasteiger charge is 2.20. The molecule has 0 saturated carbocycles. The summed E-state index contributed by atoms with van der Waals surface area (Å²) >= 11 is 3.50. The van der Waals surface area contributed by atoms with E-state index in [1.54, 1.807) is 0 Å². The van der Waals surface area contributed by atoms with Gasteiger partial charge in [0.25, 0.3) is 0 Å². The van der Waals surface area contributed by atoms with Gasteiger partial charge in [-0.05, 0) is 36.5 Å². The Labute approximate surface area is 119 Å². The number of anilines is 1. The summed E-state index contributed by atoms with van der Waals surface area (Å²) in [6.45, 7) is 9.40. The van der Waals surface area contributed by atoms with Crippen molar-refractivity contribution in [2.75, 3.05) is 31.5 Å². The maximum absolute atomic E-state index is 3.50. The van der Waals surface area contributed by atoms with Crippen LogP contribution in [0.3, 0.4) is 0 Å². The maximum atomic E-state index is 3.50. The Morgan fingerprint density at radius 3 is 2.67 bits per heavy atom. The Morgan fingerprint density at radius 1 is 1.28 bits per heavy atom. The zero-order valence-corrected chi connectivity index (χ0v) is 12.9. The molecule has 1 aliphatic heterocycles. The van der Waals surface area contributed by atoms with Gasteiger partial charge in [0.1, 0.15) is 0 Å². The molecule has 2 nitrogen and oxygen atoms in total. The molecular weight excluding hydrogens is 288 g/mol. The van der Waals surface area contributed by atoms with Crippen molar-refractivity contribution in [3.05, 3.63) is 28.7 Å². The van der Waals surface area contributed by atoms with E-state index in [1.807, 2.05) is 0 Å². The number of likely N-dealkylation sites (tertiary alicyclic amines) is 1. The Balaban J connectivity index is 1.75. The highest BCUT2D eigenvalue weighted by molar-refractivity contribution is 9.10. The van der Waals surface area contributed by atoms with Gasteiger partial charge < -0.3 is 10.2 Å². The number of rotatable bonds is 4. The van der Waals surface area contributed by atoms with Crippen LogP contribution in [0.5, 0.6) is 0 Å². The van der Waals surface area contributed by atoms with Gasteiger partial charge in [-0.2, -0.15) is 0 Å². The average Bonchev–Trinajstić information content (AvgIpc) is 2.27. The molecule has 18 heavy (non-hydrogen) atoms. The van der Waals surface area contributed by atoms with Crippen LogP contribution in [-0.2, 0) is 0 Å². The van der Waals surface area contributed by atoms with Crippen molar-refractivity contribution in [1.29, 1.82) is 0 Å². The van der Waals surface area contributed by atoms with Crippen LogP contribution in [0, 0.1) is 11.8 Å². The lowest BCUT2D eigenvalue weighted by atomic mass is 9.92. The molecule has 3 heteroatoms. The number of nitrogens with one attached hydrogen (secondary N) is 1. The van der Waals surface area contributed by atoms with Gasteiger partial charge in [0.15, 0.2) is 0 Å². The van der Waals surface area contributed by atoms with Gasteiger partial charge >= 0.3 is 0 Å². The van der Waals surface area contributed by atoms with Crippen LogP contribution in [0.4, 0.5) is 5.69 Å². The molecule has 1 heterocycles. The van der Waals surface area contributed by atoms with Gasteiger partial charge in [0, 0.05) is 36.3 Å². The van der Waals surface area contributed by atoms with E-state index in [0.717, 1.165) is 29.4 Å². The van der Waals surface area contributed by atoms with E-state index < -0.39 is 0 Å². The van der Waals surface area contributed by atoms with Crippen molar-refractivity contribution in [1.82, 2.24) is 4.90 Å². The number of nitrogens with zero attached hydrogens (tertiary/aromatic N) is 1. The standard InChI is InChI=1S/C15H23BrN2/c1-12-8-13(2)11-18(10-12)7-6-17-15-5-3-4-14(16)9-15/h3-5,9,12-13,17H,6-8,10-11H2,1-2H3. The van der Waals surface area contributed by atoms with Crippen LogP contribution in [-0.4, -0.2) is 31.1 Å². The van der Waals surface area contributed by atoms with Gasteiger partial charge in [-0.1, -0.05) is 35.8 Å². The summed E-state index contributed by atoms with van der Waals surface area (Å²) in [5.74, 6) is 1.69. The maximum Gasteiger partial charge on any atom is 0.0351 e. The third kappa shape index (κ3) is 4.29. The molecule has 2 unspecified atom stereocenters. The van der Waals surface area contributed by atoms with E-state index in [2.05, 4.69) is 64.3 Å². The second-order valence-corrected chi connectivity index (χ2v) is 6.56. The summed E-state index contributed by atoms with van der Waals surface area (Å²) in [6, 6.07) is 8.37. The lowest BCUT2D eigenvalue weighted by Crippen LogP contribution is -2.41. The molecule has 0 bridgehead atoms. The molecule has 1 saturated heterocycles. The molecular formula is C15H23BrN2. The smallest absolute Gasteiger partial charge is 0.0351 e. The quantitative estimate of drug-likeness (QED) is 0.909. The summed E-state index contributed by atoms with van der Waals surface area (Å²) in [5.41, 5.74) is 1.20. The van der Waals surface area contributed by atoms with Crippen molar-refractivity contribution >= 4 is 21.6 Å². The third-order valence-corrected chi connectivity index (χ3v) is 4.02. The fraction of sp³-hybridized carbons (Fsp3) is 0.600. The Morgan fingerprint density at radius 2 is 2.00 bits per heavy atom. The van der Waals surface area contributed by atoms with Crippen molar-refractivity contribution in [3.63, 3.8) is 0 Å². The fourth-order valence-corrected chi connectivity index (χ4v) is 3.33. The highest BCUT2D eigenvalue weighted by atomic mass is 79.9. The van der Waals surface area contributed by atoms with Gasteiger partial charge in [-0.15, -0.1) is 0 Å². The Bertz CT molecular complexity index is 371. The number of hydrogen-bond acceptors (Lipinski definition) is 2. The molecule has 0 aliphatic carbocycles. The van der Waals surface area contributed by atoms with E-state index in [-0.39, 0.29) is 0 Å². The third-order valence-electron chi connectivity index (χ3n) is 3.53. The first-order valence-electron chi connectivity index (χ1n) is 6.85. The van der Waals surface area contributed by atoms with Gasteiger partial charge in [0.2, 0.25) is 0 Å². The zero-order chi connectivity index (χ0) is 13.0. The molecule has 1 aromatic carbocycles.